The van der Waals surface area contributed by atoms with E-state index in [1.807, 2.05) is 13.8 Å². The maximum atomic E-state index is 13.4. The lowest BCUT2D eigenvalue weighted by Crippen LogP contribution is -2.37. The lowest BCUT2D eigenvalue weighted by Gasteiger charge is -2.18. The van der Waals surface area contributed by atoms with Crippen LogP contribution in [0.1, 0.15) is 61.1 Å². The van der Waals surface area contributed by atoms with E-state index in [1.165, 1.54) is 6.92 Å². The number of ether oxygens (including phenoxy) is 2. The standard InChI is InChI=1S/C25H27F3N4O6S/c1-4-12(2)20-21-18(7-8-30-20)39-24(31-21)32-22(35)15-9-14(25(26,27)28)5-6-17(15)37-11-13(3)38-23(36)16(29)10-19(33)34/h5-9,12-13,16H,4,10-11,29H2,1-3H3,(H,33,34)(H,31,32,35)/t12?,13-,16-/m0/s1. The molecule has 10 nitrogen and oxygen atoms in total. The van der Waals surface area contributed by atoms with Crippen molar-refractivity contribution < 1.29 is 42.1 Å². The van der Waals surface area contributed by atoms with Gasteiger partial charge in [0.1, 0.15) is 30.0 Å². The number of amides is 1. The summed E-state index contributed by atoms with van der Waals surface area (Å²) in [6.45, 7) is 5.06. The number of thiazole rings is 1. The first-order valence-electron chi connectivity index (χ1n) is 11.9. The topological polar surface area (TPSA) is 154 Å². The molecule has 0 fully saturated rings. The quantitative estimate of drug-likeness (QED) is 0.282. The third-order valence-corrected chi connectivity index (χ3v) is 6.61. The lowest BCUT2D eigenvalue weighted by molar-refractivity contribution is -0.154. The fraction of sp³-hybridized carbons (Fsp3) is 0.400. The number of rotatable bonds is 11. The molecule has 4 N–H and O–H groups in total. The molecule has 0 radical (unpaired) electrons. The number of halogens is 3. The maximum Gasteiger partial charge on any atom is 0.416 e. The summed E-state index contributed by atoms with van der Waals surface area (Å²) in [6, 6.07) is 2.74. The van der Waals surface area contributed by atoms with Gasteiger partial charge in [-0.05, 0) is 37.6 Å². The number of anilines is 1. The Morgan fingerprint density at radius 2 is 1.92 bits per heavy atom. The first-order valence-corrected chi connectivity index (χ1v) is 12.7. The summed E-state index contributed by atoms with van der Waals surface area (Å²) in [7, 11) is 0. The largest absolute Gasteiger partial charge is 0.489 e. The number of carbonyl (C=O) groups excluding carboxylic acids is 2. The Bertz CT molecular complexity index is 1360. The molecule has 2 aromatic heterocycles. The predicted molar refractivity (Wildman–Crippen MR) is 137 cm³/mol. The number of hydrogen-bond donors (Lipinski definition) is 3. The molecule has 3 atom stereocenters. The molecule has 0 aliphatic carbocycles. The van der Waals surface area contributed by atoms with Crippen LogP contribution in [-0.4, -0.2) is 51.7 Å². The number of carbonyl (C=O) groups is 3. The molecule has 210 valence electrons. The molecule has 1 unspecified atom stereocenters. The Hall–Kier alpha value is -3.78. The van der Waals surface area contributed by atoms with Crippen molar-refractivity contribution in [2.75, 3.05) is 11.9 Å². The van der Waals surface area contributed by atoms with Crippen LogP contribution in [0.5, 0.6) is 5.75 Å². The third kappa shape index (κ3) is 7.63. The van der Waals surface area contributed by atoms with E-state index in [-0.39, 0.29) is 23.4 Å². The van der Waals surface area contributed by atoms with E-state index in [0.717, 1.165) is 40.3 Å². The van der Waals surface area contributed by atoms with Crippen molar-refractivity contribution in [3.8, 4) is 5.75 Å². The van der Waals surface area contributed by atoms with Crippen LogP contribution in [0.2, 0.25) is 0 Å². The van der Waals surface area contributed by atoms with Gasteiger partial charge in [0.05, 0.1) is 27.9 Å². The Balaban J connectivity index is 1.82. The van der Waals surface area contributed by atoms with Crippen LogP contribution in [0.25, 0.3) is 10.2 Å². The lowest BCUT2D eigenvalue weighted by atomic mass is 10.0. The predicted octanol–water partition coefficient (Wildman–Crippen LogP) is 4.59. The molecular weight excluding hydrogens is 541 g/mol. The van der Waals surface area contributed by atoms with Crippen LogP contribution in [0.4, 0.5) is 18.3 Å². The van der Waals surface area contributed by atoms with Crippen LogP contribution < -0.4 is 15.8 Å². The molecule has 0 saturated carbocycles. The SMILES string of the molecule is CCC(C)c1nccc2sc(NC(=O)c3cc(C(F)(F)F)ccc3OC[C@H](C)OC(=O)[C@@H](N)CC(=O)O)nc12. The summed E-state index contributed by atoms with van der Waals surface area (Å²) in [4.78, 5) is 44.6. The molecular formula is C25H27F3N4O6S. The average Bonchev–Trinajstić information content (AvgIpc) is 3.28. The molecule has 14 heteroatoms. The molecule has 0 aliphatic rings. The zero-order valence-corrected chi connectivity index (χ0v) is 22.1. The summed E-state index contributed by atoms with van der Waals surface area (Å²) in [5.41, 5.74) is 5.34. The van der Waals surface area contributed by atoms with Gasteiger partial charge >= 0.3 is 18.1 Å². The molecule has 2 heterocycles. The van der Waals surface area contributed by atoms with Crippen LogP contribution in [0.3, 0.4) is 0 Å². The first-order chi connectivity index (χ1) is 18.3. The molecule has 1 amide bonds. The van der Waals surface area contributed by atoms with Gasteiger partial charge in [0, 0.05) is 12.1 Å². The van der Waals surface area contributed by atoms with E-state index in [9.17, 15) is 27.6 Å². The molecule has 1 aromatic carbocycles. The van der Waals surface area contributed by atoms with Gasteiger partial charge in [-0.25, -0.2) is 4.98 Å². The summed E-state index contributed by atoms with van der Waals surface area (Å²) >= 11 is 1.15. The van der Waals surface area contributed by atoms with E-state index in [4.69, 9.17) is 20.3 Å². The normalized spacial score (nSPS) is 13.9. The molecule has 0 bridgehead atoms. The van der Waals surface area contributed by atoms with Crippen LogP contribution in [0.15, 0.2) is 30.5 Å². The third-order valence-electron chi connectivity index (χ3n) is 5.67. The van der Waals surface area contributed by atoms with Crippen molar-refractivity contribution in [3.63, 3.8) is 0 Å². The minimum Gasteiger partial charge on any atom is -0.489 e. The fourth-order valence-corrected chi connectivity index (χ4v) is 4.32. The second-order valence-corrected chi connectivity index (χ2v) is 9.83. The minimum atomic E-state index is -4.72. The van der Waals surface area contributed by atoms with Gasteiger partial charge in [0.25, 0.3) is 5.91 Å². The average molecular weight is 569 g/mol. The number of nitrogens with zero attached hydrogens (tertiary/aromatic N) is 2. The van der Waals surface area contributed by atoms with Crippen molar-refractivity contribution in [1.82, 2.24) is 9.97 Å². The summed E-state index contributed by atoms with van der Waals surface area (Å²) in [5, 5.41) is 11.5. The first kappa shape index (κ1) is 29.8. The highest BCUT2D eigenvalue weighted by Crippen LogP contribution is 2.35. The summed E-state index contributed by atoms with van der Waals surface area (Å²) < 4.78 is 51.5. The number of hydrogen-bond acceptors (Lipinski definition) is 9. The zero-order chi connectivity index (χ0) is 28.9. The maximum absolute atomic E-state index is 13.4. The van der Waals surface area contributed by atoms with Gasteiger partial charge in [-0.1, -0.05) is 25.2 Å². The molecule has 3 aromatic rings. The Labute approximate surface area is 225 Å². The number of benzene rings is 1. The summed E-state index contributed by atoms with van der Waals surface area (Å²) in [6.07, 6.45) is -3.87. The van der Waals surface area contributed by atoms with E-state index in [1.54, 1.807) is 12.3 Å². The van der Waals surface area contributed by atoms with Crippen LogP contribution >= 0.6 is 11.3 Å². The smallest absolute Gasteiger partial charge is 0.416 e. The van der Waals surface area contributed by atoms with Gasteiger partial charge in [-0.15, -0.1) is 0 Å². The number of nitrogens with one attached hydrogen (secondary N) is 1. The Morgan fingerprint density at radius 1 is 1.21 bits per heavy atom. The van der Waals surface area contributed by atoms with E-state index in [2.05, 4.69) is 15.3 Å². The number of aromatic nitrogens is 2. The van der Waals surface area contributed by atoms with Crippen LogP contribution in [-0.2, 0) is 20.5 Å². The Morgan fingerprint density at radius 3 is 2.56 bits per heavy atom. The van der Waals surface area contributed by atoms with Crippen molar-refractivity contribution in [2.45, 2.75) is 57.9 Å². The van der Waals surface area contributed by atoms with E-state index >= 15 is 0 Å². The van der Waals surface area contributed by atoms with Gasteiger partial charge in [-0.2, -0.15) is 13.2 Å². The minimum absolute atomic E-state index is 0.109. The molecule has 0 saturated heterocycles. The van der Waals surface area contributed by atoms with Gasteiger partial charge in [0.2, 0.25) is 0 Å². The number of nitrogens with two attached hydrogens (primary N) is 1. The molecule has 3 rings (SSSR count). The highest BCUT2D eigenvalue weighted by atomic mass is 32.1. The van der Waals surface area contributed by atoms with E-state index in [0.29, 0.717) is 11.6 Å². The second-order valence-electron chi connectivity index (χ2n) is 8.80. The highest BCUT2D eigenvalue weighted by Gasteiger charge is 2.32. The monoisotopic (exact) mass is 568 g/mol. The summed E-state index contributed by atoms with van der Waals surface area (Å²) in [5.74, 6) is -3.24. The van der Waals surface area contributed by atoms with Crippen LogP contribution in [0, 0.1) is 0 Å². The fourth-order valence-electron chi connectivity index (χ4n) is 3.45. The number of aliphatic carboxylic acids is 1. The number of esters is 1. The number of pyridine rings is 1. The van der Waals surface area contributed by atoms with E-state index < -0.39 is 53.7 Å². The second kappa shape index (κ2) is 12.4. The van der Waals surface area contributed by atoms with Gasteiger partial charge in [0.15, 0.2) is 5.13 Å². The zero-order valence-electron chi connectivity index (χ0n) is 21.2. The van der Waals surface area contributed by atoms with Gasteiger partial charge in [-0.3, -0.25) is 24.7 Å². The number of fused-ring (bicyclic) bond motifs is 1. The number of alkyl halides is 3. The van der Waals surface area contributed by atoms with Crippen molar-refractivity contribution in [2.24, 2.45) is 5.73 Å². The van der Waals surface area contributed by atoms with Crippen molar-refractivity contribution in [3.05, 3.63) is 47.3 Å². The van der Waals surface area contributed by atoms with Gasteiger partial charge < -0.3 is 20.3 Å². The Kier molecular flexibility index (Phi) is 9.45. The highest BCUT2D eigenvalue weighted by molar-refractivity contribution is 7.22. The molecule has 0 aliphatic heterocycles. The van der Waals surface area contributed by atoms with Crippen molar-refractivity contribution >= 4 is 44.5 Å². The number of carboxylic acid groups (broad SMARTS) is 1. The molecule has 0 spiro atoms. The van der Waals surface area contributed by atoms with Crippen molar-refractivity contribution in [1.29, 1.82) is 0 Å². The number of carboxylic acids is 1. The molecule has 39 heavy (non-hydrogen) atoms.